The molecule has 82 valence electrons. The van der Waals surface area contributed by atoms with Gasteiger partial charge in [0.05, 0.1) is 12.0 Å². The number of benzene rings is 1. The van der Waals surface area contributed by atoms with E-state index in [4.69, 9.17) is 10.5 Å². The van der Waals surface area contributed by atoms with Gasteiger partial charge >= 0.3 is 0 Å². The van der Waals surface area contributed by atoms with Gasteiger partial charge in [0.25, 0.3) is 0 Å². The molecule has 1 unspecified atom stereocenters. The molecular weight excluding hydrogens is 206 g/mol. The topological polar surface area (TPSA) is 35.2 Å². The van der Waals surface area contributed by atoms with E-state index >= 15 is 0 Å². The Kier molecular flexibility index (Phi) is 3.22. The lowest BCUT2D eigenvalue weighted by molar-refractivity contribution is 0.403. The first-order chi connectivity index (χ1) is 7.22. The van der Waals surface area contributed by atoms with E-state index in [1.165, 1.54) is 16.0 Å². The fourth-order valence-electron chi connectivity index (χ4n) is 1.95. The first-order valence-corrected chi connectivity index (χ1v) is 6.25. The first kappa shape index (κ1) is 10.8. The van der Waals surface area contributed by atoms with Crippen molar-refractivity contribution in [3.05, 3.63) is 23.3 Å². The van der Waals surface area contributed by atoms with Gasteiger partial charge in [0, 0.05) is 6.04 Å². The Hall–Kier alpha value is -0.670. The van der Waals surface area contributed by atoms with Crippen LogP contribution in [0.3, 0.4) is 0 Å². The van der Waals surface area contributed by atoms with Gasteiger partial charge in [-0.25, -0.2) is 0 Å². The number of hydrogen-bond acceptors (Lipinski definition) is 3. The van der Waals surface area contributed by atoms with Crippen molar-refractivity contribution in [2.24, 2.45) is 5.73 Å². The van der Waals surface area contributed by atoms with Gasteiger partial charge in [0.1, 0.15) is 5.75 Å². The number of fused-ring (bicyclic) bond motifs is 1. The minimum atomic E-state index is 0.296. The predicted octanol–water partition coefficient (Wildman–Crippen LogP) is 2.37. The lowest BCUT2D eigenvalue weighted by Gasteiger charge is -2.14. The Morgan fingerprint density at radius 1 is 1.47 bits per heavy atom. The largest absolute Gasteiger partial charge is 0.496 e. The molecule has 0 saturated heterocycles. The molecular formula is C12H17NOS. The zero-order chi connectivity index (χ0) is 10.8. The maximum absolute atomic E-state index is 6.06. The molecule has 0 fully saturated rings. The first-order valence-electron chi connectivity index (χ1n) is 5.27. The molecule has 2 rings (SSSR count). The molecule has 1 aliphatic rings. The summed E-state index contributed by atoms with van der Waals surface area (Å²) in [6, 6.07) is 4.47. The number of nitrogens with two attached hydrogens (primary N) is 1. The highest BCUT2D eigenvalue weighted by Crippen LogP contribution is 2.37. The van der Waals surface area contributed by atoms with Crippen LogP contribution in [0.15, 0.2) is 17.0 Å². The van der Waals surface area contributed by atoms with Crippen LogP contribution in [0, 0.1) is 6.92 Å². The molecule has 1 atom stereocenters. The van der Waals surface area contributed by atoms with E-state index in [9.17, 15) is 0 Å². The smallest absolute Gasteiger partial charge is 0.132 e. The maximum atomic E-state index is 6.06. The van der Waals surface area contributed by atoms with Gasteiger partial charge < -0.3 is 10.5 Å². The Labute approximate surface area is 95.2 Å². The monoisotopic (exact) mass is 223 g/mol. The second-order valence-corrected chi connectivity index (χ2v) is 5.10. The van der Waals surface area contributed by atoms with E-state index < -0.39 is 0 Å². The molecule has 1 heterocycles. The average molecular weight is 223 g/mol. The molecule has 0 radical (unpaired) electrons. The van der Waals surface area contributed by atoms with Gasteiger partial charge in [-0.05, 0) is 42.7 Å². The van der Waals surface area contributed by atoms with Crippen LogP contribution >= 0.6 is 11.8 Å². The molecule has 0 amide bonds. The molecule has 3 heteroatoms. The van der Waals surface area contributed by atoms with Crippen molar-refractivity contribution >= 4 is 11.8 Å². The van der Waals surface area contributed by atoms with Crippen LogP contribution in [-0.2, 0) is 6.42 Å². The van der Waals surface area contributed by atoms with Crippen LogP contribution < -0.4 is 10.5 Å². The fraction of sp³-hybridized carbons (Fsp3) is 0.500. The van der Waals surface area contributed by atoms with Gasteiger partial charge in [-0.3, -0.25) is 0 Å². The third-order valence-electron chi connectivity index (χ3n) is 2.88. The Morgan fingerprint density at radius 3 is 3.00 bits per heavy atom. The van der Waals surface area contributed by atoms with Crippen LogP contribution in [0.5, 0.6) is 5.75 Å². The second-order valence-electron chi connectivity index (χ2n) is 3.99. The summed E-state index contributed by atoms with van der Waals surface area (Å²) in [7, 11) is 1.73. The van der Waals surface area contributed by atoms with E-state index in [-0.39, 0.29) is 0 Å². The number of thioether (sulfide) groups is 1. The number of ether oxygens (including phenoxy) is 1. The number of aryl methyl sites for hydroxylation is 1. The van der Waals surface area contributed by atoms with E-state index in [0.29, 0.717) is 6.04 Å². The fourth-order valence-corrected chi connectivity index (χ4v) is 3.29. The van der Waals surface area contributed by atoms with Gasteiger partial charge in [-0.15, -0.1) is 11.8 Å². The van der Waals surface area contributed by atoms with Crippen molar-refractivity contribution in [1.82, 2.24) is 0 Å². The van der Waals surface area contributed by atoms with E-state index in [1.807, 2.05) is 11.8 Å². The van der Waals surface area contributed by atoms with E-state index in [2.05, 4.69) is 19.1 Å². The summed E-state index contributed by atoms with van der Waals surface area (Å²) < 4.78 is 5.40. The summed E-state index contributed by atoms with van der Waals surface area (Å²) in [5, 5.41) is 0. The molecule has 0 bridgehead atoms. The van der Waals surface area contributed by atoms with Crippen LogP contribution in [0.4, 0.5) is 0 Å². The number of methoxy groups -OCH3 is 1. The van der Waals surface area contributed by atoms with Gasteiger partial charge in [-0.2, -0.15) is 0 Å². The molecule has 0 saturated carbocycles. The quantitative estimate of drug-likeness (QED) is 0.794. The molecule has 2 N–H and O–H groups in total. The van der Waals surface area contributed by atoms with Crippen molar-refractivity contribution in [2.75, 3.05) is 12.9 Å². The van der Waals surface area contributed by atoms with Crippen molar-refractivity contribution < 1.29 is 4.74 Å². The molecule has 1 aliphatic heterocycles. The lowest BCUT2D eigenvalue weighted by Crippen LogP contribution is -2.22. The molecule has 0 spiro atoms. The molecule has 0 aliphatic carbocycles. The second kappa shape index (κ2) is 4.45. The van der Waals surface area contributed by atoms with Crippen LogP contribution in [-0.4, -0.2) is 18.9 Å². The highest BCUT2D eigenvalue weighted by Gasteiger charge is 2.18. The minimum Gasteiger partial charge on any atom is -0.496 e. The summed E-state index contributed by atoms with van der Waals surface area (Å²) in [5.41, 5.74) is 8.76. The molecule has 1 aromatic rings. The summed E-state index contributed by atoms with van der Waals surface area (Å²) in [5.74, 6) is 2.09. The Bertz CT molecular complexity index is 365. The van der Waals surface area contributed by atoms with Crippen LogP contribution in [0.2, 0.25) is 0 Å². The molecule has 15 heavy (non-hydrogen) atoms. The number of rotatable bonds is 1. The van der Waals surface area contributed by atoms with Gasteiger partial charge in [0.15, 0.2) is 0 Å². The molecule has 1 aromatic carbocycles. The summed E-state index contributed by atoms with van der Waals surface area (Å²) in [6.07, 6.45) is 2.06. The third-order valence-corrected chi connectivity index (χ3v) is 4.06. The summed E-state index contributed by atoms with van der Waals surface area (Å²) >= 11 is 1.87. The normalized spacial score (nSPS) is 20.6. The SMILES string of the molecule is COc1ccc(C)c2c1SCCC(N)C2. The van der Waals surface area contributed by atoms with Gasteiger partial charge in [0.2, 0.25) is 0 Å². The average Bonchev–Trinajstić information content (AvgIpc) is 2.41. The Balaban J connectivity index is 2.48. The lowest BCUT2D eigenvalue weighted by atomic mass is 10.00. The predicted molar refractivity (Wildman–Crippen MR) is 64.8 cm³/mol. The highest BCUT2D eigenvalue weighted by molar-refractivity contribution is 7.99. The van der Waals surface area contributed by atoms with Crippen molar-refractivity contribution in [3.8, 4) is 5.75 Å². The van der Waals surface area contributed by atoms with Crippen LogP contribution in [0.25, 0.3) is 0 Å². The van der Waals surface area contributed by atoms with E-state index in [0.717, 1.165) is 24.3 Å². The number of hydrogen-bond donors (Lipinski definition) is 1. The molecule has 2 nitrogen and oxygen atoms in total. The van der Waals surface area contributed by atoms with Crippen molar-refractivity contribution in [1.29, 1.82) is 0 Å². The zero-order valence-corrected chi connectivity index (χ0v) is 10.1. The van der Waals surface area contributed by atoms with Gasteiger partial charge in [-0.1, -0.05) is 6.07 Å². The zero-order valence-electron chi connectivity index (χ0n) is 9.25. The maximum Gasteiger partial charge on any atom is 0.132 e. The minimum absolute atomic E-state index is 0.296. The van der Waals surface area contributed by atoms with Crippen molar-refractivity contribution in [3.63, 3.8) is 0 Å². The van der Waals surface area contributed by atoms with Crippen LogP contribution in [0.1, 0.15) is 17.5 Å². The van der Waals surface area contributed by atoms with Crippen molar-refractivity contribution in [2.45, 2.75) is 30.7 Å². The summed E-state index contributed by atoms with van der Waals surface area (Å²) in [4.78, 5) is 1.30. The summed E-state index contributed by atoms with van der Waals surface area (Å²) in [6.45, 7) is 2.15. The standard InChI is InChI=1S/C12H17NOS/c1-8-3-4-11(14-2)12-10(8)7-9(13)5-6-15-12/h3-4,9H,5-7,13H2,1-2H3. The highest BCUT2D eigenvalue weighted by atomic mass is 32.2. The Morgan fingerprint density at radius 2 is 2.27 bits per heavy atom. The van der Waals surface area contributed by atoms with E-state index in [1.54, 1.807) is 7.11 Å². The third kappa shape index (κ3) is 2.13. The molecule has 0 aromatic heterocycles.